The first-order valence-corrected chi connectivity index (χ1v) is 0. The summed E-state index contributed by atoms with van der Waals surface area (Å²) in [6.07, 6.45) is 0. The molecule has 0 aliphatic carbocycles. The summed E-state index contributed by atoms with van der Waals surface area (Å²) in [5.41, 5.74) is 0. The van der Waals surface area contributed by atoms with E-state index in [0.717, 1.165) is 0 Å². The lowest BCUT2D eigenvalue weighted by atomic mass is 12.0. The second-order valence-electron chi connectivity index (χ2n) is 0. The van der Waals surface area contributed by atoms with Gasteiger partial charge in [-0.1, -0.05) is 7.43 Å². The summed E-state index contributed by atoms with van der Waals surface area (Å²) in [7, 11) is 0. The van der Waals surface area contributed by atoms with Gasteiger partial charge in [-0.25, -0.2) is 0 Å². The molecular formula is CH11Cl3Si. The molecule has 0 aromatic heterocycles. The molecule has 0 atom stereocenters. The van der Waals surface area contributed by atoms with E-state index in [0.29, 0.717) is 0 Å². The highest BCUT2D eigenvalue weighted by Gasteiger charge is -0.0148. The molecule has 0 amide bonds. The van der Waals surface area contributed by atoms with Crippen LogP contribution in [0.5, 0.6) is 0 Å². The van der Waals surface area contributed by atoms with Crippen LogP contribution >= 0.6 is 37.2 Å². The van der Waals surface area contributed by atoms with Crippen LogP contribution in [0.2, 0.25) is 0 Å². The molecule has 0 spiro atoms. The van der Waals surface area contributed by atoms with Crippen molar-refractivity contribution in [2.24, 2.45) is 0 Å². The second kappa shape index (κ2) is 71.9. The zero-order chi connectivity index (χ0) is 0. The maximum atomic E-state index is 0. The van der Waals surface area contributed by atoms with Crippen LogP contribution in [0.1, 0.15) is 7.43 Å². The number of halogens is 3. The summed E-state index contributed by atoms with van der Waals surface area (Å²) >= 11 is 0. The molecule has 4 heteroatoms. The van der Waals surface area contributed by atoms with Crippen molar-refractivity contribution in [2.75, 3.05) is 0 Å². The minimum atomic E-state index is 0. The fourth-order valence-electron chi connectivity index (χ4n) is 0. The van der Waals surface area contributed by atoms with E-state index in [1.54, 1.807) is 0 Å². The Balaban J connectivity index is 0. The molecule has 40 valence electrons. The van der Waals surface area contributed by atoms with Crippen molar-refractivity contribution in [3.05, 3.63) is 0 Å². The van der Waals surface area contributed by atoms with Gasteiger partial charge in [-0.3, -0.25) is 0 Å². The molecule has 0 saturated carbocycles. The molecule has 0 fully saturated rings. The Hall–Kier alpha value is 1.09. The molecule has 0 heterocycles. The van der Waals surface area contributed by atoms with Gasteiger partial charge in [0.25, 0.3) is 0 Å². The van der Waals surface area contributed by atoms with Gasteiger partial charge >= 0.3 is 0 Å². The Morgan fingerprint density at radius 3 is 0.600 bits per heavy atom. The summed E-state index contributed by atoms with van der Waals surface area (Å²) in [6, 6.07) is 0. The summed E-state index contributed by atoms with van der Waals surface area (Å²) in [5, 5.41) is 0. The molecule has 0 saturated heterocycles. The summed E-state index contributed by atoms with van der Waals surface area (Å²) in [6.45, 7) is 0. The minimum absolute atomic E-state index is 0. The first-order valence-electron chi connectivity index (χ1n) is 0. The average Bonchev–Trinajstić information content (AvgIpc) is 0. The van der Waals surface area contributed by atoms with E-state index in [1.807, 2.05) is 0 Å². The van der Waals surface area contributed by atoms with Crippen molar-refractivity contribution < 1.29 is 0 Å². The first kappa shape index (κ1) is 133. The lowest BCUT2D eigenvalue weighted by Gasteiger charge is -0.148. The highest BCUT2D eigenvalue weighted by atomic mass is 35.5. The predicted molar refractivity (Wildman–Crippen MR) is 39.8 cm³/mol. The highest BCUT2D eigenvalue weighted by Crippen LogP contribution is 0.692. The van der Waals surface area contributed by atoms with Crippen LogP contribution in [0.25, 0.3) is 0 Å². The molecule has 0 unspecified atom stereocenters. The van der Waals surface area contributed by atoms with Gasteiger partial charge in [0.1, 0.15) is 0 Å². The SMILES string of the molecule is C.Cl.Cl.Cl.[SiH4]. The monoisotopic (exact) mass is 156 g/mol. The molecule has 0 aromatic carbocycles. The third-order valence-corrected chi connectivity index (χ3v) is 0. The van der Waals surface area contributed by atoms with Gasteiger partial charge in [-0.2, -0.15) is 0 Å². The van der Waals surface area contributed by atoms with Crippen LogP contribution in [-0.4, -0.2) is 11.0 Å². The van der Waals surface area contributed by atoms with Crippen molar-refractivity contribution >= 4 is 48.2 Å². The molecule has 0 aromatic rings. The highest BCUT2D eigenvalue weighted by molar-refractivity contribution is 5.86. The van der Waals surface area contributed by atoms with E-state index in [-0.39, 0.29) is 55.6 Å². The Morgan fingerprint density at radius 1 is 0.600 bits per heavy atom. The Bertz CT molecular complexity index is 6.85. The van der Waals surface area contributed by atoms with Crippen molar-refractivity contribution in [1.82, 2.24) is 0 Å². The standard InChI is InChI=1S/CH4.3ClH.H4Si/h1H4;3*1H;1H4. The number of hydrogen-bond acceptors (Lipinski definition) is 0. The molecule has 0 aliphatic heterocycles. The Labute approximate surface area is 56.0 Å². The fourth-order valence-corrected chi connectivity index (χ4v) is 0. The number of rotatable bonds is 0. The quantitative estimate of drug-likeness (QED) is 0.448. The largest absolute Gasteiger partial charge is 0.147 e. The summed E-state index contributed by atoms with van der Waals surface area (Å²) in [5.74, 6) is 0. The van der Waals surface area contributed by atoms with Crippen molar-refractivity contribution in [1.29, 1.82) is 0 Å². The third kappa shape index (κ3) is 41.0. The molecular weight excluding hydrogens is 146 g/mol. The van der Waals surface area contributed by atoms with Crippen LogP contribution in [0.3, 0.4) is 0 Å². The van der Waals surface area contributed by atoms with Crippen LogP contribution in [0, 0.1) is 0 Å². The van der Waals surface area contributed by atoms with E-state index in [2.05, 4.69) is 0 Å². The molecule has 0 bridgehead atoms. The Kier molecular flexibility index (Phi) is 1920. The maximum Gasteiger partial charge on any atom is -0.0149 e. The molecule has 0 N–H and O–H groups in total. The third-order valence-electron chi connectivity index (χ3n) is 0. The zero-order valence-corrected chi connectivity index (χ0v) is 3.67. The lowest BCUT2D eigenvalue weighted by molar-refractivity contribution is 2.50. The van der Waals surface area contributed by atoms with Gasteiger partial charge in [-0.15, -0.1) is 37.2 Å². The molecule has 0 aliphatic rings. The van der Waals surface area contributed by atoms with Crippen LogP contribution in [0.15, 0.2) is 0 Å². The van der Waals surface area contributed by atoms with Gasteiger partial charge in [0.2, 0.25) is 0 Å². The lowest BCUT2D eigenvalue weighted by Crippen LogP contribution is -0.381. The van der Waals surface area contributed by atoms with E-state index in [9.17, 15) is 0 Å². The van der Waals surface area contributed by atoms with Crippen LogP contribution in [-0.2, 0) is 0 Å². The zero-order valence-electron chi connectivity index (χ0n) is 1.22. The average molecular weight is 158 g/mol. The van der Waals surface area contributed by atoms with E-state index in [1.165, 1.54) is 0 Å². The van der Waals surface area contributed by atoms with Crippen LogP contribution in [0.4, 0.5) is 0 Å². The van der Waals surface area contributed by atoms with Gasteiger partial charge < -0.3 is 0 Å². The molecule has 0 radical (unpaired) electrons. The maximum absolute atomic E-state index is 0. The first-order chi connectivity index (χ1) is 0. The smallest absolute Gasteiger partial charge is 0.0149 e. The molecule has 0 rings (SSSR count). The fraction of sp³-hybridized carbons (Fsp3) is 1.00. The Morgan fingerprint density at radius 2 is 0.600 bits per heavy atom. The van der Waals surface area contributed by atoms with Gasteiger partial charge in [-0.05, 0) is 11.0 Å². The topological polar surface area (TPSA) is 0 Å². The predicted octanol–water partition coefficient (Wildman–Crippen LogP) is 0.450. The van der Waals surface area contributed by atoms with E-state index in [4.69, 9.17) is 0 Å². The van der Waals surface area contributed by atoms with E-state index < -0.39 is 0 Å². The van der Waals surface area contributed by atoms with Gasteiger partial charge in [0.15, 0.2) is 0 Å². The minimum Gasteiger partial charge on any atom is -0.147 e. The van der Waals surface area contributed by atoms with Gasteiger partial charge in [0.05, 0.1) is 0 Å². The van der Waals surface area contributed by atoms with Crippen molar-refractivity contribution in [3.8, 4) is 0 Å². The van der Waals surface area contributed by atoms with Crippen molar-refractivity contribution in [2.45, 2.75) is 7.43 Å². The normalized spacial score (nSPS) is 0. The van der Waals surface area contributed by atoms with Crippen LogP contribution < -0.4 is 0 Å². The second-order valence-corrected chi connectivity index (χ2v) is 0. The molecule has 5 heavy (non-hydrogen) atoms. The van der Waals surface area contributed by atoms with Gasteiger partial charge in [0, 0.05) is 0 Å². The summed E-state index contributed by atoms with van der Waals surface area (Å²) < 4.78 is 0. The number of hydrogen-bond donors (Lipinski definition) is 0. The summed E-state index contributed by atoms with van der Waals surface area (Å²) in [4.78, 5) is 0. The van der Waals surface area contributed by atoms with Crippen molar-refractivity contribution in [3.63, 3.8) is 0 Å². The molecule has 0 nitrogen and oxygen atoms in total. The van der Waals surface area contributed by atoms with E-state index >= 15 is 0 Å².